The summed E-state index contributed by atoms with van der Waals surface area (Å²) in [5.74, 6) is 0. The summed E-state index contributed by atoms with van der Waals surface area (Å²) in [5, 5.41) is 0. The maximum Gasteiger partial charge on any atom is 0.144 e. The van der Waals surface area contributed by atoms with Crippen molar-refractivity contribution in [1.82, 2.24) is 4.98 Å². The third-order valence-corrected chi connectivity index (χ3v) is 3.37. The van der Waals surface area contributed by atoms with E-state index in [1.54, 1.807) is 6.20 Å². The Morgan fingerprint density at radius 2 is 2.13 bits per heavy atom. The van der Waals surface area contributed by atoms with Crippen molar-refractivity contribution in [2.24, 2.45) is 4.40 Å². The van der Waals surface area contributed by atoms with Crippen molar-refractivity contribution < 1.29 is 4.21 Å². The van der Waals surface area contributed by atoms with E-state index in [-0.39, 0.29) is 4.75 Å². The summed E-state index contributed by atoms with van der Waals surface area (Å²) < 4.78 is 16.1. The van der Waals surface area contributed by atoms with Crippen LogP contribution >= 0.6 is 15.9 Å². The molecule has 0 fully saturated rings. The molecule has 5 heteroatoms. The summed E-state index contributed by atoms with van der Waals surface area (Å²) in [6.07, 6.45) is 3.22. The largest absolute Gasteiger partial charge is 0.254 e. The molecule has 82 valence electrons. The van der Waals surface area contributed by atoms with Crippen LogP contribution in [0.2, 0.25) is 0 Å². The summed E-state index contributed by atoms with van der Waals surface area (Å²) in [4.78, 5) is 4.10. The number of aromatic nitrogens is 1. The minimum Gasteiger partial charge on any atom is -0.254 e. The predicted octanol–water partition coefficient (Wildman–Crippen LogP) is 2.73. The van der Waals surface area contributed by atoms with Gasteiger partial charge in [-0.05, 0) is 48.8 Å². The van der Waals surface area contributed by atoms with Crippen LogP contribution < -0.4 is 0 Å². The number of pyridine rings is 1. The van der Waals surface area contributed by atoms with Gasteiger partial charge in [-0.15, -0.1) is 0 Å². The smallest absolute Gasteiger partial charge is 0.144 e. The molecule has 1 rings (SSSR count). The Kier molecular flexibility index (Phi) is 4.16. The van der Waals surface area contributed by atoms with E-state index in [0.29, 0.717) is 5.69 Å². The Labute approximate surface area is 101 Å². The first-order valence-electron chi connectivity index (χ1n) is 4.47. The second-order valence-corrected chi connectivity index (χ2v) is 6.85. The van der Waals surface area contributed by atoms with Gasteiger partial charge in [-0.1, -0.05) is 0 Å². The Hall–Kier alpha value is -0.550. The van der Waals surface area contributed by atoms with Crippen molar-refractivity contribution >= 4 is 33.1 Å². The molecule has 0 aliphatic rings. The molecule has 0 unspecified atom stereocenters. The molecular weight excluding hydrogens is 276 g/mol. The highest BCUT2D eigenvalue weighted by Crippen LogP contribution is 2.12. The molecule has 0 N–H and O–H groups in total. The molecule has 3 nitrogen and oxygen atoms in total. The van der Waals surface area contributed by atoms with Crippen LogP contribution in [-0.4, -0.2) is 20.2 Å². The van der Waals surface area contributed by atoms with E-state index in [9.17, 15) is 4.21 Å². The van der Waals surface area contributed by atoms with E-state index in [1.165, 1.54) is 6.21 Å². The molecule has 0 aliphatic heterocycles. The average Bonchev–Trinajstić information content (AvgIpc) is 2.15. The van der Waals surface area contributed by atoms with Crippen LogP contribution in [-0.2, 0) is 11.0 Å². The summed E-state index contributed by atoms with van der Waals surface area (Å²) >= 11 is 3.29. The third kappa shape index (κ3) is 4.22. The maximum atomic E-state index is 11.6. The van der Waals surface area contributed by atoms with Gasteiger partial charge in [0.25, 0.3) is 0 Å². The third-order valence-electron chi connectivity index (χ3n) is 1.55. The van der Waals surface area contributed by atoms with Gasteiger partial charge in [0.05, 0.1) is 16.7 Å². The van der Waals surface area contributed by atoms with Crippen LogP contribution in [0.25, 0.3) is 0 Å². The zero-order valence-corrected chi connectivity index (χ0v) is 11.3. The van der Waals surface area contributed by atoms with E-state index in [4.69, 9.17) is 0 Å². The summed E-state index contributed by atoms with van der Waals surface area (Å²) in [5.41, 5.74) is 0.704. The lowest BCUT2D eigenvalue weighted by molar-refractivity contribution is 0.651. The van der Waals surface area contributed by atoms with Crippen LogP contribution in [0.5, 0.6) is 0 Å². The second-order valence-electron chi connectivity index (χ2n) is 4.00. The van der Waals surface area contributed by atoms with Crippen molar-refractivity contribution in [3.8, 4) is 0 Å². The zero-order valence-electron chi connectivity index (χ0n) is 8.90. The van der Waals surface area contributed by atoms with Crippen LogP contribution in [0.3, 0.4) is 0 Å². The fraction of sp³-hybridized carbons (Fsp3) is 0.400. The fourth-order valence-electron chi connectivity index (χ4n) is 0.724. The van der Waals surface area contributed by atoms with E-state index in [2.05, 4.69) is 25.3 Å². The van der Waals surface area contributed by atoms with Gasteiger partial charge < -0.3 is 0 Å². The summed E-state index contributed by atoms with van der Waals surface area (Å²) in [6, 6.07) is 3.68. The SMILES string of the molecule is CC(C)(C)[S@](=O)/N=C/c1ccc(Br)cn1. The number of halogens is 1. The topological polar surface area (TPSA) is 42.3 Å². The highest BCUT2D eigenvalue weighted by Gasteiger charge is 2.18. The Balaban J connectivity index is 2.74. The Bertz CT molecular complexity index is 381. The lowest BCUT2D eigenvalue weighted by Gasteiger charge is -2.12. The lowest BCUT2D eigenvalue weighted by Crippen LogP contribution is -2.19. The highest BCUT2D eigenvalue weighted by atomic mass is 79.9. The molecule has 0 aromatic carbocycles. The van der Waals surface area contributed by atoms with Crippen molar-refractivity contribution in [1.29, 1.82) is 0 Å². The van der Waals surface area contributed by atoms with Crippen LogP contribution in [0.1, 0.15) is 26.5 Å². The molecule has 0 aliphatic carbocycles. The molecule has 0 bridgehead atoms. The molecule has 0 saturated heterocycles. The lowest BCUT2D eigenvalue weighted by atomic mass is 10.3. The van der Waals surface area contributed by atoms with E-state index in [0.717, 1.165) is 4.47 Å². The highest BCUT2D eigenvalue weighted by molar-refractivity contribution is 9.10. The quantitative estimate of drug-likeness (QED) is 0.786. The minimum atomic E-state index is -1.23. The molecule has 1 aromatic heterocycles. The standard InChI is InChI=1S/C10H13BrN2OS/c1-10(2,3)15(14)13-7-9-5-4-8(11)6-12-9/h4-7H,1-3H3/b13-7+/t15-/m0/s1. The first kappa shape index (κ1) is 12.5. The molecule has 15 heavy (non-hydrogen) atoms. The van der Waals surface area contributed by atoms with Gasteiger partial charge in [0.2, 0.25) is 0 Å². The van der Waals surface area contributed by atoms with Crippen molar-refractivity contribution in [2.75, 3.05) is 0 Å². The predicted molar refractivity (Wildman–Crippen MR) is 67.4 cm³/mol. The first-order valence-corrected chi connectivity index (χ1v) is 6.37. The van der Waals surface area contributed by atoms with Gasteiger partial charge in [0.15, 0.2) is 0 Å². The first-order chi connectivity index (χ1) is 6.89. The normalized spacial score (nSPS) is 14.4. The molecular formula is C10H13BrN2OS. The number of hydrogen-bond donors (Lipinski definition) is 0. The fourth-order valence-corrected chi connectivity index (χ4v) is 1.48. The second kappa shape index (κ2) is 4.99. The van der Waals surface area contributed by atoms with Crippen molar-refractivity contribution in [2.45, 2.75) is 25.5 Å². The molecule has 1 aromatic rings. The molecule has 0 saturated carbocycles. The Morgan fingerprint density at radius 3 is 2.60 bits per heavy atom. The number of rotatable bonds is 2. The van der Waals surface area contributed by atoms with E-state index >= 15 is 0 Å². The zero-order chi connectivity index (χ0) is 11.5. The van der Waals surface area contributed by atoms with Gasteiger partial charge >= 0.3 is 0 Å². The van der Waals surface area contributed by atoms with E-state index < -0.39 is 11.0 Å². The number of hydrogen-bond acceptors (Lipinski definition) is 2. The molecule has 0 amide bonds. The molecule has 1 atom stereocenters. The molecule has 1 heterocycles. The monoisotopic (exact) mass is 288 g/mol. The maximum absolute atomic E-state index is 11.6. The van der Waals surface area contributed by atoms with E-state index in [1.807, 2.05) is 32.9 Å². The van der Waals surface area contributed by atoms with Crippen LogP contribution in [0, 0.1) is 0 Å². The summed E-state index contributed by atoms with van der Waals surface area (Å²) in [7, 11) is -1.23. The molecule has 0 radical (unpaired) electrons. The van der Waals surface area contributed by atoms with Crippen molar-refractivity contribution in [3.63, 3.8) is 0 Å². The molecule has 0 spiro atoms. The van der Waals surface area contributed by atoms with Crippen LogP contribution in [0.4, 0.5) is 0 Å². The van der Waals surface area contributed by atoms with Crippen LogP contribution in [0.15, 0.2) is 27.2 Å². The van der Waals surface area contributed by atoms with Gasteiger partial charge in [0.1, 0.15) is 11.0 Å². The Morgan fingerprint density at radius 1 is 1.47 bits per heavy atom. The minimum absolute atomic E-state index is 0.328. The van der Waals surface area contributed by atoms with Gasteiger partial charge in [0, 0.05) is 10.7 Å². The van der Waals surface area contributed by atoms with Crippen molar-refractivity contribution in [3.05, 3.63) is 28.5 Å². The number of nitrogens with zero attached hydrogens (tertiary/aromatic N) is 2. The van der Waals surface area contributed by atoms with Gasteiger partial charge in [-0.2, -0.15) is 4.40 Å². The average molecular weight is 289 g/mol. The van der Waals surface area contributed by atoms with Gasteiger partial charge in [-0.3, -0.25) is 4.98 Å². The van der Waals surface area contributed by atoms with Gasteiger partial charge in [-0.25, -0.2) is 4.21 Å². The summed E-state index contributed by atoms with van der Waals surface area (Å²) in [6.45, 7) is 5.65.